The van der Waals surface area contributed by atoms with E-state index in [1.165, 1.54) is 12.3 Å². The molecule has 0 unspecified atom stereocenters. The summed E-state index contributed by atoms with van der Waals surface area (Å²) in [7, 11) is 0. The van der Waals surface area contributed by atoms with Gasteiger partial charge in [0, 0.05) is 19.5 Å². The molecule has 0 saturated heterocycles. The molecule has 0 aliphatic carbocycles. The lowest BCUT2D eigenvalue weighted by Gasteiger charge is -2.12. The summed E-state index contributed by atoms with van der Waals surface area (Å²) in [6.07, 6.45) is 1.44. The first kappa shape index (κ1) is 21.0. The second-order valence-electron chi connectivity index (χ2n) is 6.95. The van der Waals surface area contributed by atoms with Crippen molar-refractivity contribution in [1.29, 1.82) is 0 Å². The van der Waals surface area contributed by atoms with E-state index in [2.05, 4.69) is 16.0 Å². The number of carbonyl (C=O) groups excluding carboxylic acids is 3. The first-order valence-electron chi connectivity index (χ1n) is 9.97. The summed E-state index contributed by atoms with van der Waals surface area (Å²) in [6, 6.07) is 15.3. The van der Waals surface area contributed by atoms with Gasteiger partial charge >= 0.3 is 0 Å². The molecule has 0 fully saturated rings. The molecule has 0 saturated carbocycles. The molecule has 164 valence electrons. The van der Waals surface area contributed by atoms with E-state index in [0.717, 1.165) is 5.56 Å². The number of para-hydroxylation sites is 1. The number of amides is 3. The zero-order valence-corrected chi connectivity index (χ0v) is 17.1. The number of furan rings is 1. The number of ether oxygens (including phenoxy) is 2. The van der Waals surface area contributed by atoms with Gasteiger partial charge in [0.1, 0.15) is 0 Å². The van der Waals surface area contributed by atoms with Gasteiger partial charge in [0.15, 0.2) is 17.3 Å². The molecule has 1 aliphatic rings. The van der Waals surface area contributed by atoms with Crippen LogP contribution in [0, 0.1) is 0 Å². The molecule has 0 spiro atoms. The third kappa shape index (κ3) is 5.07. The van der Waals surface area contributed by atoms with Crippen LogP contribution in [0.1, 0.15) is 32.9 Å². The van der Waals surface area contributed by atoms with E-state index in [0.29, 0.717) is 22.7 Å². The molecule has 2 aromatic carbocycles. The van der Waals surface area contributed by atoms with Crippen LogP contribution in [0.3, 0.4) is 0 Å². The Labute approximate surface area is 183 Å². The fourth-order valence-electron chi connectivity index (χ4n) is 3.12. The number of anilines is 1. The lowest BCUT2D eigenvalue weighted by atomic mass is 10.1. The topological polar surface area (TPSA) is 119 Å². The van der Waals surface area contributed by atoms with Crippen LogP contribution in [0.25, 0.3) is 0 Å². The summed E-state index contributed by atoms with van der Waals surface area (Å²) < 4.78 is 15.6. The van der Waals surface area contributed by atoms with Gasteiger partial charge in [0.2, 0.25) is 12.7 Å². The van der Waals surface area contributed by atoms with E-state index in [9.17, 15) is 14.4 Å². The fraction of sp³-hybridized carbons (Fsp3) is 0.174. The minimum atomic E-state index is -0.397. The van der Waals surface area contributed by atoms with Crippen molar-refractivity contribution in [2.24, 2.45) is 0 Å². The molecule has 3 aromatic rings. The summed E-state index contributed by atoms with van der Waals surface area (Å²) in [4.78, 5) is 36.8. The molecule has 2 heterocycles. The van der Waals surface area contributed by atoms with Gasteiger partial charge < -0.3 is 29.8 Å². The van der Waals surface area contributed by atoms with Gasteiger partial charge in [0.25, 0.3) is 11.8 Å². The first-order chi connectivity index (χ1) is 15.6. The van der Waals surface area contributed by atoms with Crippen molar-refractivity contribution in [1.82, 2.24) is 10.6 Å². The Kier molecular flexibility index (Phi) is 6.35. The molecule has 1 aliphatic heterocycles. The van der Waals surface area contributed by atoms with Gasteiger partial charge in [-0.3, -0.25) is 14.4 Å². The smallest absolute Gasteiger partial charge is 0.286 e. The van der Waals surface area contributed by atoms with Crippen molar-refractivity contribution < 1.29 is 28.3 Å². The van der Waals surface area contributed by atoms with Crippen LogP contribution < -0.4 is 25.4 Å². The van der Waals surface area contributed by atoms with Crippen molar-refractivity contribution in [2.45, 2.75) is 13.0 Å². The van der Waals surface area contributed by atoms with E-state index in [1.54, 1.807) is 36.4 Å². The monoisotopic (exact) mass is 435 g/mol. The number of fused-ring (bicyclic) bond motifs is 1. The zero-order chi connectivity index (χ0) is 22.3. The van der Waals surface area contributed by atoms with E-state index >= 15 is 0 Å². The minimum Gasteiger partial charge on any atom is -0.459 e. The van der Waals surface area contributed by atoms with Crippen LogP contribution >= 0.6 is 0 Å². The highest BCUT2D eigenvalue weighted by Gasteiger charge is 2.16. The van der Waals surface area contributed by atoms with Crippen LogP contribution in [0.5, 0.6) is 11.5 Å². The fourth-order valence-corrected chi connectivity index (χ4v) is 3.12. The van der Waals surface area contributed by atoms with E-state index in [1.807, 2.05) is 12.1 Å². The Morgan fingerprint density at radius 2 is 1.72 bits per heavy atom. The van der Waals surface area contributed by atoms with Gasteiger partial charge in [-0.15, -0.1) is 0 Å². The third-order valence-electron chi connectivity index (χ3n) is 4.72. The van der Waals surface area contributed by atoms with Crippen molar-refractivity contribution in [3.63, 3.8) is 0 Å². The molecular weight excluding hydrogens is 414 g/mol. The Morgan fingerprint density at radius 1 is 0.875 bits per heavy atom. The van der Waals surface area contributed by atoms with Crippen molar-refractivity contribution in [3.8, 4) is 11.5 Å². The average molecular weight is 435 g/mol. The quantitative estimate of drug-likeness (QED) is 0.501. The number of hydrogen-bond donors (Lipinski definition) is 3. The van der Waals surface area contributed by atoms with Gasteiger partial charge in [-0.25, -0.2) is 0 Å². The van der Waals surface area contributed by atoms with Crippen molar-refractivity contribution in [3.05, 3.63) is 77.7 Å². The molecule has 4 rings (SSSR count). The van der Waals surface area contributed by atoms with Gasteiger partial charge in [-0.1, -0.05) is 18.2 Å². The van der Waals surface area contributed by atoms with Crippen LogP contribution in [-0.4, -0.2) is 31.1 Å². The van der Waals surface area contributed by atoms with Crippen LogP contribution in [0.15, 0.2) is 65.3 Å². The van der Waals surface area contributed by atoms with Gasteiger partial charge in [-0.05, 0) is 42.0 Å². The lowest BCUT2D eigenvalue weighted by Crippen LogP contribution is -2.28. The molecule has 1 aromatic heterocycles. The molecule has 0 radical (unpaired) electrons. The second kappa shape index (κ2) is 9.69. The first-order valence-corrected chi connectivity index (χ1v) is 9.97. The summed E-state index contributed by atoms with van der Waals surface area (Å²) in [5.41, 5.74) is 1.58. The second-order valence-corrected chi connectivity index (χ2v) is 6.95. The summed E-state index contributed by atoms with van der Waals surface area (Å²) >= 11 is 0. The maximum Gasteiger partial charge on any atom is 0.286 e. The summed E-state index contributed by atoms with van der Waals surface area (Å²) in [6.45, 7) is 0.602. The Balaban J connectivity index is 1.30. The predicted octanol–water partition coefficient (Wildman–Crippen LogP) is 2.70. The maximum atomic E-state index is 12.7. The Hall–Kier alpha value is -4.27. The van der Waals surface area contributed by atoms with Crippen molar-refractivity contribution >= 4 is 23.4 Å². The number of hydrogen-bond acceptors (Lipinski definition) is 6. The van der Waals surface area contributed by atoms with E-state index < -0.39 is 5.91 Å². The SMILES string of the molecule is O=C(CCNC(=O)c1ccco1)Nc1ccccc1C(=O)NCc1ccc2c(c1)OCO2. The molecule has 3 amide bonds. The minimum absolute atomic E-state index is 0.0413. The normalized spacial score (nSPS) is 11.6. The molecule has 32 heavy (non-hydrogen) atoms. The Morgan fingerprint density at radius 3 is 2.56 bits per heavy atom. The Bertz CT molecular complexity index is 1130. The van der Waals surface area contributed by atoms with Crippen LogP contribution in [-0.2, 0) is 11.3 Å². The summed E-state index contributed by atoms with van der Waals surface area (Å²) in [5.74, 6) is 0.434. The highest BCUT2D eigenvalue weighted by molar-refractivity contribution is 6.03. The van der Waals surface area contributed by atoms with Crippen LogP contribution in [0.2, 0.25) is 0 Å². The summed E-state index contributed by atoms with van der Waals surface area (Å²) in [5, 5.41) is 8.16. The highest BCUT2D eigenvalue weighted by atomic mass is 16.7. The van der Waals surface area contributed by atoms with Gasteiger partial charge in [0.05, 0.1) is 17.5 Å². The average Bonchev–Trinajstić information content (AvgIpc) is 3.49. The zero-order valence-electron chi connectivity index (χ0n) is 17.1. The van der Waals surface area contributed by atoms with Crippen molar-refractivity contribution in [2.75, 3.05) is 18.7 Å². The molecule has 9 heteroatoms. The van der Waals surface area contributed by atoms with Gasteiger partial charge in [-0.2, -0.15) is 0 Å². The number of rotatable bonds is 8. The molecular formula is C23H21N3O6. The third-order valence-corrected chi connectivity index (χ3v) is 4.72. The lowest BCUT2D eigenvalue weighted by molar-refractivity contribution is -0.116. The van der Waals surface area contributed by atoms with Crippen LogP contribution in [0.4, 0.5) is 5.69 Å². The molecule has 0 atom stereocenters. The van der Waals surface area contributed by atoms with E-state index in [-0.39, 0.29) is 43.9 Å². The van der Waals surface area contributed by atoms with E-state index in [4.69, 9.17) is 13.9 Å². The number of benzene rings is 2. The number of carbonyl (C=O) groups is 3. The highest BCUT2D eigenvalue weighted by Crippen LogP contribution is 2.32. The largest absolute Gasteiger partial charge is 0.459 e. The maximum absolute atomic E-state index is 12.7. The number of nitrogens with one attached hydrogen (secondary N) is 3. The molecule has 9 nitrogen and oxygen atoms in total. The predicted molar refractivity (Wildman–Crippen MR) is 114 cm³/mol. The molecule has 0 bridgehead atoms. The molecule has 3 N–H and O–H groups in total. The standard InChI is InChI=1S/C23H21N3O6/c27-21(9-10-24-23(29)19-6-3-11-30-19)26-17-5-2-1-4-16(17)22(28)25-13-15-7-8-18-20(12-15)32-14-31-18/h1-8,11-12H,9-10,13-14H2,(H,24,29)(H,25,28)(H,26,27).